The van der Waals surface area contributed by atoms with Crippen LogP contribution in [0.25, 0.3) is 0 Å². The number of carboxylic acid groups (broad SMARTS) is 3. The quantitative estimate of drug-likeness (QED) is 0.111. The summed E-state index contributed by atoms with van der Waals surface area (Å²) in [5, 5.41) is 24.8. The van der Waals surface area contributed by atoms with Crippen molar-refractivity contribution >= 4 is 17.9 Å². The van der Waals surface area contributed by atoms with Crippen LogP contribution in [0.5, 0.6) is 0 Å². The lowest BCUT2D eigenvalue weighted by Gasteiger charge is -2.03. The monoisotopic (exact) mass is 486 g/mol. The van der Waals surface area contributed by atoms with Crippen molar-refractivity contribution in [2.75, 3.05) is 0 Å². The first kappa shape index (κ1) is 34.6. The third-order valence-electron chi connectivity index (χ3n) is 6.03. The smallest absolute Gasteiger partial charge is 0.303 e. The van der Waals surface area contributed by atoms with Crippen LogP contribution in [-0.2, 0) is 14.4 Å². The van der Waals surface area contributed by atoms with Crippen LogP contribution in [0.1, 0.15) is 161 Å². The standard InChI is InChI=1S/C22H44O2.C6H10O4/c1-2-3-4-5-6-7-8-9-10-11-12-13-14-15-16-17-18-19-20-21-22(23)24;7-5(8)3-1-2-4-6(9)10/h2-21H2,1H3,(H,23,24);1-4H2,(H,7,8)(H,9,10). The summed E-state index contributed by atoms with van der Waals surface area (Å²) in [6.45, 7) is 2.28. The third-order valence-corrected chi connectivity index (χ3v) is 6.03. The second-order valence-corrected chi connectivity index (χ2v) is 9.50. The van der Waals surface area contributed by atoms with Crippen LogP contribution in [-0.4, -0.2) is 33.2 Å². The van der Waals surface area contributed by atoms with Gasteiger partial charge < -0.3 is 15.3 Å². The average Bonchev–Trinajstić information content (AvgIpc) is 2.78. The highest BCUT2D eigenvalue weighted by Crippen LogP contribution is 2.14. The number of aliphatic carboxylic acids is 3. The predicted molar refractivity (Wildman–Crippen MR) is 139 cm³/mol. The molecule has 0 saturated heterocycles. The number of hydrogen-bond acceptors (Lipinski definition) is 3. The van der Waals surface area contributed by atoms with E-state index >= 15 is 0 Å². The zero-order chi connectivity index (χ0) is 25.7. The molecule has 0 aromatic rings. The summed E-state index contributed by atoms with van der Waals surface area (Å²) in [6, 6.07) is 0. The molecule has 0 aliphatic rings. The summed E-state index contributed by atoms with van der Waals surface area (Å²) in [6.07, 6.45) is 27.1. The molecule has 0 radical (unpaired) electrons. The molecule has 3 N–H and O–H groups in total. The van der Waals surface area contributed by atoms with Gasteiger partial charge in [0.2, 0.25) is 0 Å². The first-order valence-electron chi connectivity index (χ1n) is 14.1. The van der Waals surface area contributed by atoms with Gasteiger partial charge in [-0.2, -0.15) is 0 Å². The molecule has 0 aromatic heterocycles. The lowest BCUT2D eigenvalue weighted by atomic mass is 10.0. The van der Waals surface area contributed by atoms with E-state index < -0.39 is 17.9 Å². The Morgan fingerprint density at radius 1 is 0.353 bits per heavy atom. The van der Waals surface area contributed by atoms with Gasteiger partial charge in [0.05, 0.1) is 0 Å². The molecule has 0 heterocycles. The Morgan fingerprint density at radius 3 is 0.735 bits per heavy atom. The fraction of sp³-hybridized carbons (Fsp3) is 0.893. The van der Waals surface area contributed by atoms with E-state index in [1.54, 1.807) is 0 Å². The van der Waals surface area contributed by atoms with Gasteiger partial charge in [0, 0.05) is 19.3 Å². The van der Waals surface area contributed by atoms with Crippen LogP contribution in [0.4, 0.5) is 0 Å². The zero-order valence-electron chi connectivity index (χ0n) is 22.0. The van der Waals surface area contributed by atoms with Crippen LogP contribution < -0.4 is 0 Å². The van der Waals surface area contributed by atoms with Crippen molar-refractivity contribution in [2.45, 2.75) is 161 Å². The predicted octanol–water partition coefficient (Wildman–Crippen LogP) is 8.61. The summed E-state index contributed by atoms with van der Waals surface area (Å²) in [5.41, 5.74) is 0. The molecule has 0 amide bonds. The fourth-order valence-electron chi connectivity index (χ4n) is 3.91. The molecule has 0 fully saturated rings. The van der Waals surface area contributed by atoms with Crippen molar-refractivity contribution in [1.82, 2.24) is 0 Å². The Kier molecular flexibility index (Phi) is 29.9. The second kappa shape index (κ2) is 29.4. The van der Waals surface area contributed by atoms with Crippen molar-refractivity contribution in [1.29, 1.82) is 0 Å². The molecule has 0 aliphatic heterocycles. The van der Waals surface area contributed by atoms with Gasteiger partial charge in [0.15, 0.2) is 0 Å². The molecule has 0 unspecified atom stereocenters. The highest BCUT2D eigenvalue weighted by atomic mass is 16.4. The number of unbranched alkanes of at least 4 members (excludes halogenated alkanes) is 19. The number of carboxylic acids is 3. The normalized spacial score (nSPS) is 10.5. The maximum Gasteiger partial charge on any atom is 0.303 e. The third kappa shape index (κ3) is 37.7. The number of carbonyl (C=O) groups is 3. The molecule has 0 saturated carbocycles. The van der Waals surface area contributed by atoms with Crippen molar-refractivity contribution in [2.24, 2.45) is 0 Å². The molecule has 6 heteroatoms. The van der Waals surface area contributed by atoms with Gasteiger partial charge in [-0.05, 0) is 19.3 Å². The first-order valence-corrected chi connectivity index (χ1v) is 14.1. The van der Waals surface area contributed by atoms with Crippen LogP contribution in [0.2, 0.25) is 0 Å². The van der Waals surface area contributed by atoms with Gasteiger partial charge in [0.1, 0.15) is 0 Å². The summed E-state index contributed by atoms with van der Waals surface area (Å²) in [5.74, 6) is -2.39. The molecule has 0 aromatic carbocycles. The molecular weight excluding hydrogens is 432 g/mol. The SMILES string of the molecule is CCCCCCCCCCCCCCCCCCCCCC(=O)O.O=C(O)CCCCC(=O)O. The maximum atomic E-state index is 10.4. The molecule has 0 aliphatic carbocycles. The Bertz CT molecular complexity index is 448. The van der Waals surface area contributed by atoms with Gasteiger partial charge in [0.25, 0.3) is 0 Å². The van der Waals surface area contributed by atoms with Gasteiger partial charge in [-0.1, -0.05) is 122 Å². The minimum atomic E-state index is -0.870. The van der Waals surface area contributed by atoms with Gasteiger partial charge >= 0.3 is 17.9 Å². The van der Waals surface area contributed by atoms with Gasteiger partial charge in [-0.25, -0.2) is 0 Å². The maximum absolute atomic E-state index is 10.4. The van der Waals surface area contributed by atoms with Crippen LogP contribution in [0, 0.1) is 0 Å². The Labute approximate surface area is 208 Å². The van der Waals surface area contributed by atoms with Crippen molar-refractivity contribution in [3.63, 3.8) is 0 Å². The number of hydrogen-bond donors (Lipinski definition) is 3. The summed E-state index contributed by atoms with van der Waals surface area (Å²) >= 11 is 0. The summed E-state index contributed by atoms with van der Waals surface area (Å²) in [7, 11) is 0. The summed E-state index contributed by atoms with van der Waals surface area (Å²) in [4.78, 5) is 30.2. The molecule has 6 nitrogen and oxygen atoms in total. The largest absolute Gasteiger partial charge is 0.481 e. The molecular formula is C28H54O6. The molecule has 0 spiro atoms. The van der Waals surface area contributed by atoms with E-state index in [0.29, 0.717) is 19.3 Å². The highest BCUT2D eigenvalue weighted by Gasteiger charge is 1.99. The van der Waals surface area contributed by atoms with E-state index in [-0.39, 0.29) is 12.8 Å². The van der Waals surface area contributed by atoms with Gasteiger partial charge in [-0.3, -0.25) is 14.4 Å². The van der Waals surface area contributed by atoms with E-state index in [4.69, 9.17) is 15.3 Å². The highest BCUT2D eigenvalue weighted by molar-refractivity contribution is 5.68. The molecule has 34 heavy (non-hydrogen) atoms. The molecule has 202 valence electrons. The van der Waals surface area contributed by atoms with Gasteiger partial charge in [-0.15, -0.1) is 0 Å². The van der Waals surface area contributed by atoms with E-state index in [1.807, 2.05) is 0 Å². The first-order chi connectivity index (χ1) is 16.4. The number of rotatable bonds is 25. The van der Waals surface area contributed by atoms with E-state index in [2.05, 4.69) is 6.92 Å². The second-order valence-electron chi connectivity index (χ2n) is 9.50. The molecule has 0 bridgehead atoms. The fourth-order valence-corrected chi connectivity index (χ4v) is 3.91. The Balaban J connectivity index is 0. The Morgan fingerprint density at radius 2 is 0.529 bits per heavy atom. The van der Waals surface area contributed by atoms with Crippen LogP contribution >= 0.6 is 0 Å². The topological polar surface area (TPSA) is 112 Å². The van der Waals surface area contributed by atoms with E-state index in [1.165, 1.54) is 109 Å². The molecule has 0 atom stereocenters. The minimum Gasteiger partial charge on any atom is -0.481 e. The Hall–Kier alpha value is -1.59. The van der Waals surface area contributed by atoms with Crippen LogP contribution in [0.3, 0.4) is 0 Å². The summed E-state index contributed by atoms with van der Waals surface area (Å²) < 4.78 is 0. The molecule has 0 rings (SSSR count). The minimum absolute atomic E-state index is 0.0628. The van der Waals surface area contributed by atoms with Crippen molar-refractivity contribution in [3.8, 4) is 0 Å². The lowest BCUT2D eigenvalue weighted by molar-refractivity contribution is -0.139. The van der Waals surface area contributed by atoms with E-state index in [0.717, 1.165) is 12.8 Å². The van der Waals surface area contributed by atoms with Crippen molar-refractivity contribution < 1.29 is 29.7 Å². The van der Waals surface area contributed by atoms with Crippen LogP contribution in [0.15, 0.2) is 0 Å². The average molecular weight is 487 g/mol. The zero-order valence-corrected chi connectivity index (χ0v) is 22.0. The lowest BCUT2D eigenvalue weighted by Crippen LogP contribution is -1.97. The van der Waals surface area contributed by atoms with E-state index in [9.17, 15) is 14.4 Å². The van der Waals surface area contributed by atoms with Crippen molar-refractivity contribution in [3.05, 3.63) is 0 Å².